The maximum Gasteiger partial charge on any atom is 0.239 e. The number of nitrogens with zero attached hydrogens (tertiary/aromatic N) is 2. The van der Waals surface area contributed by atoms with Gasteiger partial charge in [-0.1, -0.05) is 4.49 Å². The predicted molar refractivity (Wildman–Crippen MR) is 42.5 cm³/mol. The molecule has 0 saturated carbocycles. The van der Waals surface area contributed by atoms with Crippen LogP contribution in [-0.4, -0.2) is 29.1 Å². The van der Waals surface area contributed by atoms with Crippen LogP contribution in [0.25, 0.3) is 0 Å². The lowest BCUT2D eigenvalue weighted by Crippen LogP contribution is -2.25. The van der Waals surface area contributed by atoms with Gasteiger partial charge in [-0.3, -0.25) is 4.79 Å². The molecule has 0 spiro atoms. The van der Waals surface area contributed by atoms with Crippen LogP contribution in [0, 0.1) is 0 Å². The number of amides is 1. The highest BCUT2D eigenvalue weighted by atomic mass is 32.1. The molecule has 0 saturated heterocycles. The van der Waals surface area contributed by atoms with Crippen molar-refractivity contribution >= 4 is 23.3 Å². The zero-order valence-electron chi connectivity index (χ0n) is 6.00. The fourth-order valence-electron chi connectivity index (χ4n) is 0.567. The Balaban J connectivity index is 2.37. The van der Waals surface area contributed by atoms with Crippen molar-refractivity contribution in [3.63, 3.8) is 0 Å². The summed E-state index contributed by atoms with van der Waals surface area (Å²) in [5.41, 5.74) is 0. The van der Waals surface area contributed by atoms with Crippen LogP contribution in [0.5, 0.6) is 0 Å². The predicted octanol–water partition coefficient (Wildman–Crippen LogP) is -0.304. The number of nitrogens with one attached hydrogen (secondary N) is 2. The van der Waals surface area contributed by atoms with E-state index in [4.69, 9.17) is 0 Å². The molecule has 0 aliphatic heterocycles. The Bertz CT molecular complexity index is 222. The molecular formula is C5H8N4OS. The molecule has 1 aromatic heterocycles. The highest BCUT2D eigenvalue weighted by molar-refractivity contribution is 7.03. The van der Waals surface area contributed by atoms with Gasteiger partial charge in [-0.15, -0.1) is 5.10 Å². The maximum atomic E-state index is 10.9. The number of anilines is 1. The number of hydrogen-bond acceptors (Lipinski definition) is 5. The molecule has 0 unspecified atom stereocenters. The lowest BCUT2D eigenvalue weighted by atomic mass is 10.6. The summed E-state index contributed by atoms with van der Waals surface area (Å²) in [6.07, 6.45) is 0. The summed E-state index contributed by atoms with van der Waals surface area (Å²) >= 11 is 1.20. The summed E-state index contributed by atoms with van der Waals surface area (Å²) in [5.74, 6) is 0.399. The van der Waals surface area contributed by atoms with Gasteiger partial charge in [-0.2, -0.15) is 0 Å². The number of hydrogen-bond donors (Lipinski definition) is 2. The maximum absolute atomic E-state index is 10.9. The van der Waals surface area contributed by atoms with E-state index < -0.39 is 0 Å². The van der Waals surface area contributed by atoms with Crippen molar-refractivity contribution in [2.45, 2.75) is 0 Å². The van der Waals surface area contributed by atoms with Gasteiger partial charge in [0.25, 0.3) is 0 Å². The van der Waals surface area contributed by atoms with E-state index in [2.05, 4.69) is 20.2 Å². The van der Waals surface area contributed by atoms with E-state index in [1.807, 2.05) is 0 Å². The van der Waals surface area contributed by atoms with Gasteiger partial charge in [-0.05, 0) is 18.6 Å². The molecule has 0 bridgehead atoms. The molecule has 0 atom stereocenters. The first-order valence-corrected chi connectivity index (χ1v) is 3.88. The third-order valence-electron chi connectivity index (χ3n) is 0.965. The molecule has 6 heteroatoms. The molecule has 0 aromatic carbocycles. The minimum absolute atomic E-state index is 0.111. The molecular weight excluding hydrogens is 164 g/mol. The first-order chi connectivity index (χ1) is 5.33. The summed E-state index contributed by atoms with van der Waals surface area (Å²) in [6, 6.07) is 0. The smallest absolute Gasteiger partial charge is 0.239 e. The minimum Gasteiger partial charge on any atom is -0.311 e. The van der Waals surface area contributed by atoms with Crippen LogP contribution >= 0.6 is 11.5 Å². The van der Waals surface area contributed by atoms with E-state index in [0.29, 0.717) is 5.82 Å². The Morgan fingerprint density at radius 2 is 2.64 bits per heavy atom. The van der Waals surface area contributed by atoms with Crippen molar-refractivity contribution in [2.75, 3.05) is 18.9 Å². The fourth-order valence-corrected chi connectivity index (χ4v) is 0.955. The van der Waals surface area contributed by atoms with Crippen molar-refractivity contribution in [1.82, 2.24) is 14.9 Å². The number of likely N-dealkylation sites (N-methyl/N-ethyl adjacent to an activating group) is 1. The third kappa shape index (κ3) is 2.60. The zero-order chi connectivity index (χ0) is 8.10. The summed E-state index contributed by atoms with van der Waals surface area (Å²) in [6.45, 7) is 0.289. The largest absolute Gasteiger partial charge is 0.311 e. The van der Waals surface area contributed by atoms with Crippen molar-refractivity contribution in [3.8, 4) is 0 Å². The lowest BCUT2D eigenvalue weighted by Gasteiger charge is -1.97. The van der Waals surface area contributed by atoms with Crippen molar-refractivity contribution < 1.29 is 4.79 Å². The number of aromatic nitrogens is 2. The molecule has 60 valence electrons. The van der Waals surface area contributed by atoms with Gasteiger partial charge < -0.3 is 10.6 Å². The van der Waals surface area contributed by atoms with Gasteiger partial charge in [-0.25, -0.2) is 0 Å². The first kappa shape index (κ1) is 8.09. The Morgan fingerprint density at radius 1 is 1.82 bits per heavy atom. The molecule has 1 aromatic rings. The molecule has 5 nitrogen and oxygen atoms in total. The van der Waals surface area contributed by atoms with Crippen LogP contribution in [0.15, 0.2) is 5.38 Å². The number of carbonyl (C=O) groups excluding carboxylic acids is 1. The minimum atomic E-state index is -0.111. The highest BCUT2D eigenvalue weighted by Gasteiger charge is 2.00. The van der Waals surface area contributed by atoms with Crippen molar-refractivity contribution in [3.05, 3.63) is 5.38 Å². The van der Waals surface area contributed by atoms with E-state index in [-0.39, 0.29) is 12.5 Å². The van der Waals surface area contributed by atoms with E-state index in [1.54, 1.807) is 12.4 Å². The normalized spacial score (nSPS) is 9.55. The van der Waals surface area contributed by atoms with Gasteiger partial charge >= 0.3 is 0 Å². The Hall–Kier alpha value is -1.01. The molecule has 0 fully saturated rings. The van der Waals surface area contributed by atoms with Crippen LogP contribution in [0.1, 0.15) is 0 Å². The van der Waals surface area contributed by atoms with Crippen LogP contribution < -0.4 is 10.6 Å². The Morgan fingerprint density at radius 3 is 3.18 bits per heavy atom. The van der Waals surface area contributed by atoms with Crippen LogP contribution in [0.2, 0.25) is 0 Å². The monoisotopic (exact) mass is 172 g/mol. The molecule has 11 heavy (non-hydrogen) atoms. The summed E-state index contributed by atoms with van der Waals surface area (Å²) in [4.78, 5) is 10.9. The van der Waals surface area contributed by atoms with E-state index in [9.17, 15) is 4.79 Å². The summed E-state index contributed by atoms with van der Waals surface area (Å²) in [7, 11) is 1.71. The summed E-state index contributed by atoms with van der Waals surface area (Å²) < 4.78 is 3.59. The second-order valence-corrected chi connectivity index (χ2v) is 2.48. The van der Waals surface area contributed by atoms with Crippen LogP contribution in [0.3, 0.4) is 0 Å². The molecule has 2 N–H and O–H groups in total. The van der Waals surface area contributed by atoms with Gasteiger partial charge in [0.2, 0.25) is 5.91 Å². The quantitative estimate of drug-likeness (QED) is 0.656. The third-order valence-corrected chi connectivity index (χ3v) is 1.47. The molecule has 0 radical (unpaired) electrons. The van der Waals surface area contributed by atoms with E-state index in [1.165, 1.54) is 11.5 Å². The van der Waals surface area contributed by atoms with Crippen LogP contribution in [-0.2, 0) is 4.79 Å². The first-order valence-electron chi connectivity index (χ1n) is 3.04. The van der Waals surface area contributed by atoms with Gasteiger partial charge in [0.1, 0.15) is 0 Å². The Labute approximate surface area is 68.0 Å². The van der Waals surface area contributed by atoms with Gasteiger partial charge in [0.05, 0.1) is 11.9 Å². The average Bonchev–Trinajstić information content (AvgIpc) is 2.40. The Kier molecular flexibility index (Phi) is 2.94. The lowest BCUT2D eigenvalue weighted by molar-refractivity contribution is -0.115. The average molecular weight is 172 g/mol. The fraction of sp³-hybridized carbons (Fsp3) is 0.400. The zero-order valence-corrected chi connectivity index (χ0v) is 6.81. The molecule has 0 aliphatic carbocycles. The van der Waals surface area contributed by atoms with E-state index in [0.717, 1.165) is 0 Å². The topological polar surface area (TPSA) is 66.9 Å². The second kappa shape index (κ2) is 3.99. The van der Waals surface area contributed by atoms with Crippen molar-refractivity contribution in [1.29, 1.82) is 0 Å². The van der Waals surface area contributed by atoms with E-state index >= 15 is 0 Å². The van der Waals surface area contributed by atoms with Gasteiger partial charge in [0.15, 0.2) is 5.82 Å². The molecule has 0 aliphatic rings. The SMILES string of the molecule is CNCC(=O)Nc1csnn1. The molecule has 1 rings (SSSR count). The molecule has 1 amide bonds. The van der Waals surface area contributed by atoms with Crippen molar-refractivity contribution in [2.24, 2.45) is 0 Å². The van der Waals surface area contributed by atoms with Gasteiger partial charge in [0, 0.05) is 0 Å². The number of rotatable bonds is 3. The highest BCUT2D eigenvalue weighted by Crippen LogP contribution is 2.01. The summed E-state index contributed by atoms with van der Waals surface area (Å²) in [5, 5.41) is 10.6. The molecule has 1 heterocycles. The standard InChI is InChI=1S/C5H8N4OS/c1-6-2-5(10)7-4-3-11-9-8-4/h3,6H,2H2,1H3,(H,7,10). The second-order valence-electron chi connectivity index (χ2n) is 1.87. The number of carbonyl (C=O) groups is 1. The van der Waals surface area contributed by atoms with Crippen LogP contribution in [0.4, 0.5) is 5.82 Å².